The standard InChI is InChI=1S/C13H11N5O2/c19-18(20)13-8-6-12(7-9-13)17-15-10-14-16-11-4-2-1-3-5-11/h1-10,16H/b14-10+,17-15?. The monoisotopic (exact) mass is 269 g/mol. The van der Waals surface area contributed by atoms with E-state index in [1.54, 1.807) is 0 Å². The first-order valence-corrected chi connectivity index (χ1v) is 5.73. The van der Waals surface area contributed by atoms with Crippen LogP contribution in [0.4, 0.5) is 17.1 Å². The summed E-state index contributed by atoms with van der Waals surface area (Å²) in [7, 11) is 0. The maximum atomic E-state index is 10.5. The summed E-state index contributed by atoms with van der Waals surface area (Å²) in [4.78, 5) is 10.0. The number of hydrazone groups is 1. The third-order valence-corrected chi connectivity index (χ3v) is 2.31. The second-order valence-corrected chi connectivity index (χ2v) is 3.71. The third kappa shape index (κ3) is 3.98. The highest BCUT2D eigenvalue weighted by atomic mass is 16.6. The lowest BCUT2D eigenvalue weighted by molar-refractivity contribution is -0.384. The van der Waals surface area contributed by atoms with Crippen molar-refractivity contribution < 1.29 is 4.92 Å². The molecule has 100 valence electrons. The minimum atomic E-state index is -0.466. The molecule has 7 nitrogen and oxygen atoms in total. The highest BCUT2D eigenvalue weighted by Crippen LogP contribution is 2.17. The van der Waals surface area contributed by atoms with Crippen molar-refractivity contribution in [2.75, 3.05) is 5.43 Å². The van der Waals surface area contributed by atoms with Crippen molar-refractivity contribution in [1.29, 1.82) is 0 Å². The predicted molar refractivity (Wildman–Crippen MR) is 76.2 cm³/mol. The summed E-state index contributed by atoms with van der Waals surface area (Å²) in [5.41, 5.74) is 4.16. The third-order valence-electron chi connectivity index (χ3n) is 2.31. The van der Waals surface area contributed by atoms with Crippen LogP contribution in [-0.4, -0.2) is 11.3 Å². The summed E-state index contributed by atoms with van der Waals surface area (Å²) in [6.07, 6.45) is 1.26. The van der Waals surface area contributed by atoms with Crippen molar-refractivity contribution >= 4 is 23.4 Å². The molecule has 20 heavy (non-hydrogen) atoms. The molecule has 0 heterocycles. The summed E-state index contributed by atoms with van der Waals surface area (Å²) in [6, 6.07) is 15.2. The van der Waals surface area contributed by atoms with Gasteiger partial charge in [-0.2, -0.15) is 5.10 Å². The number of azo groups is 1. The van der Waals surface area contributed by atoms with Crippen LogP contribution >= 0.6 is 0 Å². The van der Waals surface area contributed by atoms with E-state index >= 15 is 0 Å². The Balaban J connectivity index is 1.88. The minimum absolute atomic E-state index is 0.0170. The molecule has 0 saturated heterocycles. The maximum absolute atomic E-state index is 10.5. The molecule has 0 radical (unpaired) electrons. The zero-order valence-electron chi connectivity index (χ0n) is 10.4. The summed E-state index contributed by atoms with van der Waals surface area (Å²) < 4.78 is 0. The van der Waals surface area contributed by atoms with Crippen LogP contribution < -0.4 is 5.43 Å². The van der Waals surface area contributed by atoms with E-state index < -0.39 is 4.92 Å². The first-order valence-electron chi connectivity index (χ1n) is 5.73. The lowest BCUT2D eigenvalue weighted by Crippen LogP contribution is -1.86. The SMILES string of the molecule is O=[N+]([O-])c1ccc(N=N/C=N/Nc2ccccc2)cc1. The molecular weight excluding hydrogens is 258 g/mol. The Morgan fingerprint density at radius 1 is 1.05 bits per heavy atom. The predicted octanol–water partition coefficient (Wildman–Crippen LogP) is 3.73. The number of nitrogens with one attached hydrogen (secondary N) is 1. The highest BCUT2D eigenvalue weighted by Gasteiger charge is 2.02. The van der Waals surface area contributed by atoms with Crippen LogP contribution in [0.1, 0.15) is 0 Å². The van der Waals surface area contributed by atoms with Gasteiger partial charge in [-0.05, 0) is 24.3 Å². The zero-order chi connectivity index (χ0) is 14.2. The van der Waals surface area contributed by atoms with E-state index in [1.165, 1.54) is 30.6 Å². The van der Waals surface area contributed by atoms with Crippen LogP contribution in [0.2, 0.25) is 0 Å². The van der Waals surface area contributed by atoms with Crippen LogP contribution in [0.5, 0.6) is 0 Å². The van der Waals surface area contributed by atoms with Gasteiger partial charge < -0.3 is 0 Å². The van der Waals surface area contributed by atoms with Crippen molar-refractivity contribution in [2.24, 2.45) is 15.3 Å². The number of nitrogens with zero attached hydrogens (tertiary/aromatic N) is 4. The Labute approximate surface area is 114 Å². The van der Waals surface area contributed by atoms with Crippen LogP contribution in [-0.2, 0) is 0 Å². The second-order valence-electron chi connectivity index (χ2n) is 3.71. The van der Waals surface area contributed by atoms with E-state index in [1.807, 2.05) is 30.3 Å². The highest BCUT2D eigenvalue weighted by molar-refractivity contribution is 5.58. The van der Waals surface area contributed by atoms with Crippen molar-refractivity contribution in [3.05, 3.63) is 64.7 Å². The van der Waals surface area contributed by atoms with E-state index in [-0.39, 0.29) is 5.69 Å². The van der Waals surface area contributed by atoms with Gasteiger partial charge in [-0.1, -0.05) is 18.2 Å². The average Bonchev–Trinajstić information content (AvgIpc) is 2.48. The fraction of sp³-hybridized carbons (Fsp3) is 0. The molecule has 0 aliphatic heterocycles. The molecule has 0 aliphatic carbocycles. The van der Waals surface area contributed by atoms with Gasteiger partial charge in [-0.25, -0.2) is 0 Å². The topological polar surface area (TPSA) is 92.2 Å². The molecule has 0 unspecified atom stereocenters. The van der Waals surface area contributed by atoms with Crippen molar-refractivity contribution in [1.82, 2.24) is 0 Å². The molecule has 0 aliphatic rings. The van der Waals surface area contributed by atoms with Gasteiger partial charge in [0.25, 0.3) is 5.69 Å². The van der Waals surface area contributed by atoms with Gasteiger partial charge in [0.1, 0.15) is 0 Å². The quantitative estimate of drug-likeness (QED) is 0.294. The number of para-hydroxylation sites is 1. The van der Waals surface area contributed by atoms with E-state index in [0.717, 1.165) is 5.69 Å². The summed E-state index contributed by atoms with van der Waals surface area (Å²) >= 11 is 0. The minimum Gasteiger partial charge on any atom is -0.277 e. The number of anilines is 1. The molecule has 0 bridgehead atoms. The first-order chi connectivity index (χ1) is 9.75. The summed E-state index contributed by atoms with van der Waals surface area (Å²) in [5.74, 6) is 0. The van der Waals surface area contributed by atoms with Gasteiger partial charge in [0.15, 0.2) is 6.34 Å². The Morgan fingerprint density at radius 2 is 1.75 bits per heavy atom. The van der Waals surface area contributed by atoms with Gasteiger partial charge in [-0.15, -0.1) is 10.2 Å². The number of non-ortho nitro benzene ring substituents is 1. The molecule has 0 fully saturated rings. The Morgan fingerprint density at radius 3 is 2.40 bits per heavy atom. The number of hydrogen-bond donors (Lipinski definition) is 1. The molecular formula is C13H11N5O2. The normalized spacial score (nSPS) is 11.0. The molecule has 0 amide bonds. The van der Waals surface area contributed by atoms with Gasteiger partial charge in [-0.3, -0.25) is 15.5 Å². The van der Waals surface area contributed by atoms with E-state index in [0.29, 0.717) is 5.69 Å². The molecule has 7 heteroatoms. The fourth-order valence-electron chi connectivity index (χ4n) is 1.38. The van der Waals surface area contributed by atoms with Gasteiger partial charge in [0, 0.05) is 12.1 Å². The van der Waals surface area contributed by atoms with E-state index in [9.17, 15) is 10.1 Å². The van der Waals surface area contributed by atoms with Gasteiger partial charge in [0.05, 0.1) is 16.3 Å². The molecule has 2 rings (SSSR count). The number of nitro groups is 1. The molecule has 0 atom stereocenters. The van der Waals surface area contributed by atoms with Crippen molar-refractivity contribution in [2.45, 2.75) is 0 Å². The smallest absolute Gasteiger partial charge is 0.269 e. The van der Waals surface area contributed by atoms with Gasteiger partial charge in [0.2, 0.25) is 0 Å². The van der Waals surface area contributed by atoms with Crippen LogP contribution in [0.3, 0.4) is 0 Å². The first kappa shape index (κ1) is 13.3. The van der Waals surface area contributed by atoms with Gasteiger partial charge >= 0.3 is 0 Å². The average molecular weight is 269 g/mol. The number of hydrogen-bond acceptors (Lipinski definition) is 5. The molecule has 2 aromatic carbocycles. The van der Waals surface area contributed by atoms with Crippen LogP contribution in [0.25, 0.3) is 0 Å². The Hall–Kier alpha value is -3.09. The number of benzene rings is 2. The Bertz CT molecular complexity index is 623. The second kappa shape index (κ2) is 6.74. The molecule has 0 spiro atoms. The largest absolute Gasteiger partial charge is 0.277 e. The summed E-state index contributed by atoms with van der Waals surface area (Å²) in [6.45, 7) is 0. The Kier molecular flexibility index (Phi) is 4.50. The molecule has 2 aromatic rings. The van der Waals surface area contributed by atoms with E-state index in [4.69, 9.17) is 0 Å². The summed E-state index contributed by atoms with van der Waals surface area (Å²) in [5, 5.41) is 21.9. The molecule has 1 N–H and O–H groups in total. The lowest BCUT2D eigenvalue weighted by Gasteiger charge is -1.96. The number of rotatable bonds is 5. The van der Waals surface area contributed by atoms with E-state index in [2.05, 4.69) is 20.8 Å². The van der Waals surface area contributed by atoms with Crippen LogP contribution in [0.15, 0.2) is 69.9 Å². The molecule has 0 saturated carbocycles. The van der Waals surface area contributed by atoms with Crippen molar-refractivity contribution in [3.63, 3.8) is 0 Å². The zero-order valence-corrected chi connectivity index (χ0v) is 10.4. The molecule has 0 aromatic heterocycles. The fourth-order valence-corrected chi connectivity index (χ4v) is 1.38. The maximum Gasteiger partial charge on any atom is 0.269 e. The lowest BCUT2D eigenvalue weighted by atomic mass is 10.3. The number of nitro benzene ring substituents is 1. The van der Waals surface area contributed by atoms with Crippen LogP contribution in [0, 0.1) is 10.1 Å². The van der Waals surface area contributed by atoms with Crippen molar-refractivity contribution in [3.8, 4) is 0 Å².